The second-order valence-electron chi connectivity index (χ2n) is 4.54. The minimum Gasteiger partial charge on any atom is -0.337 e. The largest absolute Gasteiger partial charge is 0.337 e. The molecule has 1 fully saturated rings. The van der Waals surface area contributed by atoms with Crippen LogP contribution in [0.4, 0.5) is 0 Å². The Morgan fingerprint density at radius 2 is 2.47 bits per heavy atom. The van der Waals surface area contributed by atoms with Crippen LogP contribution >= 0.6 is 11.3 Å². The molecule has 0 bridgehead atoms. The van der Waals surface area contributed by atoms with Gasteiger partial charge < -0.3 is 10.2 Å². The lowest BCUT2D eigenvalue weighted by Gasteiger charge is -2.32. The molecule has 1 aliphatic rings. The number of rotatable bonds is 5. The molecule has 1 aromatic heterocycles. The summed E-state index contributed by atoms with van der Waals surface area (Å²) >= 11 is 1.69. The maximum absolute atomic E-state index is 12.2. The summed E-state index contributed by atoms with van der Waals surface area (Å²) in [6, 6.07) is 2.14. The third-order valence-corrected chi connectivity index (χ3v) is 3.86. The molecule has 1 aliphatic heterocycles. The molecule has 0 radical (unpaired) electrons. The van der Waals surface area contributed by atoms with Gasteiger partial charge in [0.1, 0.15) is 0 Å². The van der Waals surface area contributed by atoms with Gasteiger partial charge in [0.2, 0.25) is 5.91 Å². The van der Waals surface area contributed by atoms with Crippen LogP contribution in [-0.4, -0.2) is 29.9 Å². The first-order valence-electron chi connectivity index (χ1n) is 6.34. The Morgan fingerprint density at radius 1 is 1.59 bits per heavy atom. The van der Waals surface area contributed by atoms with E-state index in [1.807, 2.05) is 4.90 Å². The predicted octanol–water partition coefficient (Wildman–Crippen LogP) is 2.24. The van der Waals surface area contributed by atoms with Crippen molar-refractivity contribution in [1.82, 2.24) is 10.2 Å². The Labute approximate surface area is 107 Å². The average Bonchev–Trinajstić information content (AvgIpc) is 2.83. The van der Waals surface area contributed by atoms with Crippen molar-refractivity contribution < 1.29 is 4.79 Å². The van der Waals surface area contributed by atoms with E-state index in [1.165, 1.54) is 5.56 Å². The third kappa shape index (κ3) is 3.30. The molecule has 3 nitrogen and oxygen atoms in total. The molecule has 94 valence electrons. The molecule has 0 spiro atoms. The standard InChI is InChI=1S/C13H20N2OS/c1-2-6-14-12-4-3-7-15(13(12)16)9-11-5-8-17-10-11/h5,8,10,12,14H,2-4,6-7,9H2,1H3. The lowest BCUT2D eigenvalue weighted by atomic mass is 10.0. The summed E-state index contributed by atoms with van der Waals surface area (Å²) in [5.74, 6) is 0.274. The molecule has 1 saturated heterocycles. The second kappa shape index (κ2) is 6.17. The first kappa shape index (κ1) is 12.6. The van der Waals surface area contributed by atoms with E-state index in [1.54, 1.807) is 11.3 Å². The van der Waals surface area contributed by atoms with Crippen LogP contribution in [0.15, 0.2) is 16.8 Å². The summed E-state index contributed by atoms with van der Waals surface area (Å²) in [7, 11) is 0. The number of piperidine rings is 1. The second-order valence-corrected chi connectivity index (χ2v) is 5.32. The highest BCUT2D eigenvalue weighted by molar-refractivity contribution is 7.07. The maximum atomic E-state index is 12.2. The Morgan fingerprint density at radius 3 is 3.18 bits per heavy atom. The Bertz CT molecular complexity index is 350. The monoisotopic (exact) mass is 252 g/mol. The van der Waals surface area contributed by atoms with Crippen LogP contribution in [0, 0.1) is 0 Å². The van der Waals surface area contributed by atoms with Crippen molar-refractivity contribution in [3.05, 3.63) is 22.4 Å². The minimum atomic E-state index is 0.0438. The molecule has 1 aromatic rings. The van der Waals surface area contributed by atoms with Gasteiger partial charge in [0.15, 0.2) is 0 Å². The van der Waals surface area contributed by atoms with Crippen molar-refractivity contribution in [1.29, 1.82) is 0 Å². The molecular weight excluding hydrogens is 232 g/mol. The topological polar surface area (TPSA) is 32.3 Å². The van der Waals surface area contributed by atoms with Crippen LogP contribution in [0.2, 0.25) is 0 Å². The van der Waals surface area contributed by atoms with Gasteiger partial charge in [0, 0.05) is 13.1 Å². The number of thiophene rings is 1. The minimum absolute atomic E-state index is 0.0438. The van der Waals surface area contributed by atoms with Gasteiger partial charge in [0.25, 0.3) is 0 Å². The van der Waals surface area contributed by atoms with E-state index in [-0.39, 0.29) is 11.9 Å². The van der Waals surface area contributed by atoms with Crippen LogP contribution in [0.1, 0.15) is 31.7 Å². The van der Waals surface area contributed by atoms with E-state index in [4.69, 9.17) is 0 Å². The van der Waals surface area contributed by atoms with Crippen LogP contribution < -0.4 is 5.32 Å². The van der Waals surface area contributed by atoms with E-state index in [2.05, 4.69) is 29.1 Å². The summed E-state index contributed by atoms with van der Waals surface area (Å²) in [5.41, 5.74) is 1.25. The molecule has 0 saturated carbocycles. The van der Waals surface area contributed by atoms with Gasteiger partial charge in [0.05, 0.1) is 6.04 Å². The zero-order valence-corrected chi connectivity index (χ0v) is 11.1. The molecule has 1 unspecified atom stereocenters. The lowest BCUT2D eigenvalue weighted by molar-refractivity contribution is -0.136. The molecular formula is C13H20N2OS. The van der Waals surface area contributed by atoms with Crippen LogP contribution in [0.3, 0.4) is 0 Å². The fourth-order valence-electron chi connectivity index (χ4n) is 2.21. The first-order chi connectivity index (χ1) is 8.31. The fourth-order valence-corrected chi connectivity index (χ4v) is 2.87. The number of hydrogen-bond donors (Lipinski definition) is 1. The molecule has 1 N–H and O–H groups in total. The lowest BCUT2D eigenvalue weighted by Crippen LogP contribution is -2.50. The van der Waals surface area contributed by atoms with Crippen LogP contribution in [-0.2, 0) is 11.3 Å². The highest BCUT2D eigenvalue weighted by atomic mass is 32.1. The summed E-state index contributed by atoms with van der Waals surface area (Å²) in [6.45, 7) is 4.73. The number of carbonyl (C=O) groups is 1. The van der Waals surface area contributed by atoms with Gasteiger partial charge in [-0.15, -0.1) is 0 Å². The van der Waals surface area contributed by atoms with Crippen LogP contribution in [0.25, 0.3) is 0 Å². The average molecular weight is 252 g/mol. The van der Waals surface area contributed by atoms with Crippen molar-refractivity contribution in [3.63, 3.8) is 0 Å². The molecule has 17 heavy (non-hydrogen) atoms. The Hall–Kier alpha value is -0.870. The van der Waals surface area contributed by atoms with Crippen molar-refractivity contribution in [2.75, 3.05) is 13.1 Å². The third-order valence-electron chi connectivity index (χ3n) is 3.12. The van der Waals surface area contributed by atoms with Crippen molar-refractivity contribution in [2.45, 2.75) is 38.8 Å². The summed E-state index contributed by atoms with van der Waals surface area (Å²) in [4.78, 5) is 14.2. The maximum Gasteiger partial charge on any atom is 0.240 e. The molecule has 0 aromatic carbocycles. The molecule has 4 heteroatoms. The molecule has 2 heterocycles. The van der Waals surface area contributed by atoms with Gasteiger partial charge in [-0.1, -0.05) is 6.92 Å². The highest BCUT2D eigenvalue weighted by Crippen LogP contribution is 2.16. The molecule has 1 amide bonds. The molecule has 2 rings (SSSR count). The van der Waals surface area contributed by atoms with Gasteiger partial charge in [-0.2, -0.15) is 11.3 Å². The summed E-state index contributed by atoms with van der Waals surface area (Å²) in [5, 5.41) is 7.53. The first-order valence-corrected chi connectivity index (χ1v) is 7.28. The number of nitrogens with one attached hydrogen (secondary N) is 1. The van der Waals surface area contributed by atoms with Crippen molar-refractivity contribution in [2.24, 2.45) is 0 Å². The zero-order chi connectivity index (χ0) is 12.1. The molecule has 1 atom stereocenters. The number of carbonyl (C=O) groups excluding carboxylic acids is 1. The van der Waals surface area contributed by atoms with Crippen LogP contribution in [0.5, 0.6) is 0 Å². The normalized spacial score (nSPS) is 20.9. The van der Waals surface area contributed by atoms with E-state index in [0.717, 1.165) is 38.9 Å². The smallest absolute Gasteiger partial charge is 0.240 e. The summed E-state index contributed by atoms with van der Waals surface area (Å²) < 4.78 is 0. The SMILES string of the molecule is CCCNC1CCCN(Cc2ccsc2)C1=O. The van der Waals surface area contributed by atoms with E-state index < -0.39 is 0 Å². The van der Waals surface area contributed by atoms with E-state index >= 15 is 0 Å². The van der Waals surface area contributed by atoms with Crippen molar-refractivity contribution >= 4 is 17.2 Å². The Kier molecular flexibility index (Phi) is 4.57. The number of amides is 1. The van der Waals surface area contributed by atoms with Crippen molar-refractivity contribution in [3.8, 4) is 0 Å². The zero-order valence-electron chi connectivity index (χ0n) is 10.3. The Balaban J connectivity index is 1.91. The summed E-state index contributed by atoms with van der Waals surface area (Å²) in [6.07, 6.45) is 3.17. The molecule has 0 aliphatic carbocycles. The number of nitrogens with zero attached hydrogens (tertiary/aromatic N) is 1. The van der Waals surface area contributed by atoms with E-state index in [0.29, 0.717) is 0 Å². The van der Waals surface area contributed by atoms with E-state index in [9.17, 15) is 4.79 Å². The van der Waals surface area contributed by atoms with Gasteiger partial charge in [-0.05, 0) is 48.2 Å². The number of hydrogen-bond acceptors (Lipinski definition) is 3. The van der Waals surface area contributed by atoms with Gasteiger partial charge in [-0.3, -0.25) is 4.79 Å². The quantitative estimate of drug-likeness (QED) is 0.871. The van der Waals surface area contributed by atoms with Gasteiger partial charge >= 0.3 is 0 Å². The number of likely N-dealkylation sites (tertiary alicyclic amines) is 1. The predicted molar refractivity (Wildman–Crippen MR) is 71.1 cm³/mol. The highest BCUT2D eigenvalue weighted by Gasteiger charge is 2.27. The van der Waals surface area contributed by atoms with Gasteiger partial charge in [-0.25, -0.2) is 0 Å². The fraction of sp³-hybridized carbons (Fsp3) is 0.615.